The molecule has 142 valence electrons. The average molecular weight is 402 g/mol. The van der Waals surface area contributed by atoms with Gasteiger partial charge in [0.2, 0.25) is 0 Å². The van der Waals surface area contributed by atoms with Crippen LogP contribution in [0.15, 0.2) is 53.7 Å². The largest absolute Gasteiger partial charge is 0.483 e. The highest BCUT2D eigenvalue weighted by molar-refractivity contribution is 7.98. The second-order valence-corrected chi connectivity index (χ2v) is 7.64. The van der Waals surface area contributed by atoms with Crippen molar-refractivity contribution in [2.24, 2.45) is 0 Å². The maximum Gasteiger partial charge on any atom is 0.191 e. The van der Waals surface area contributed by atoms with E-state index in [4.69, 9.17) is 16.3 Å². The van der Waals surface area contributed by atoms with Crippen LogP contribution in [-0.2, 0) is 18.7 Å². The molecule has 1 heterocycles. The van der Waals surface area contributed by atoms with Crippen LogP contribution in [0.2, 0.25) is 5.02 Å². The molecule has 0 unspecified atom stereocenters. The SMILES string of the molecule is CCc1ccc(O[C@H](C)c2nnc(SCc3ccc(Cl)cc3)n2CC)cc1. The van der Waals surface area contributed by atoms with Crippen LogP contribution >= 0.6 is 23.4 Å². The zero-order valence-electron chi connectivity index (χ0n) is 15.9. The van der Waals surface area contributed by atoms with Gasteiger partial charge in [-0.15, -0.1) is 10.2 Å². The second-order valence-electron chi connectivity index (χ2n) is 6.26. The van der Waals surface area contributed by atoms with Crippen molar-refractivity contribution in [2.45, 2.75) is 50.8 Å². The number of nitrogens with zero attached hydrogens (tertiary/aromatic N) is 3. The monoisotopic (exact) mass is 401 g/mol. The molecule has 3 aromatic rings. The van der Waals surface area contributed by atoms with Gasteiger partial charge < -0.3 is 9.30 Å². The van der Waals surface area contributed by atoms with Crippen molar-refractivity contribution in [2.75, 3.05) is 0 Å². The maximum absolute atomic E-state index is 6.08. The van der Waals surface area contributed by atoms with Crippen LogP contribution in [0, 0.1) is 0 Å². The fourth-order valence-electron chi connectivity index (χ4n) is 2.79. The summed E-state index contributed by atoms with van der Waals surface area (Å²) in [6.45, 7) is 7.05. The molecule has 0 spiro atoms. The summed E-state index contributed by atoms with van der Waals surface area (Å²) >= 11 is 7.62. The number of hydrogen-bond acceptors (Lipinski definition) is 4. The third-order valence-corrected chi connectivity index (χ3v) is 5.64. The Bertz CT molecular complexity index is 862. The number of ether oxygens (including phenoxy) is 1. The Hall–Kier alpha value is -1.98. The van der Waals surface area contributed by atoms with Crippen LogP contribution in [0.1, 0.15) is 43.8 Å². The van der Waals surface area contributed by atoms with Gasteiger partial charge in [-0.2, -0.15) is 0 Å². The summed E-state index contributed by atoms with van der Waals surface area (Å²) in [7, 11) is 0. The Morgan fingerprint density at radius 1 is 1.00 bits per heavy atom. The van der Waals surface area contributed by atoms with E-state index in [2.05, 4.69) is 40.7 Å². The minimum atomic E-state index is -0.171. The Balaban J connectivity index is 1.69. The number of rotatable bonds is 8. The molecule has 1 atom stereocenters. The molecule has 0 saturated heterocycles. The number of thioether (sulfide) groups is 1. The standard InChI is InChI=1S/C21H24ClN3OS/c1-4-16-8-12-19(13-9-16)26-15(3)20-23-24-21(25(20)5-2)27-14-17-6-10-18(22)11-7-17/h6-13,15H,4-5,14H2,1-3H3/t15-/m1/s1. The number of hydrogen-bond donors (Lipinski definition) is 0. The quantitative estimate of drug-likeness (QED) is 0.437. The molecular formula is C21H24ClN3OS. The fourth-order valence-corrected chi connectivity index (χ4v) is 3.89. The molecule has 6 heteroatoms. The molecule has 0 aliphatic carbocycles. The predicted octanol–water partition coefficient (Wildman–Crippen LogP) is 5.95. The summed E-state index contributed by atoms with van der Waals surface area (Å²) in [5.41, 5.74) is 2.50. The van der Waals surface area contributed by atoms with Crippen molar-refractivity contribution in [3.8, 4) is 5.75 Å². The Morgan fingerprint density at radius 3 is 2.30 bits per heavy atom. The van der Waals surface area contributed by atoms with E-state index in [1.807, 2.05) is 43.3 Å². The third kappa shape index (κ3) is 5.05. The molecule has 27 heavy (non-hydrogen) atoms. The van der Waals surface area contributed by atoms with Gasteiger partial charge in [-0.1, -0.05) is 54.6 Å². The highest BCUT2D eigenvalue weighted by Crippen LogP contribution is 2.27. The Kier molecular flexibility index (Phi) is 6.80. The van der Waals surface area contributed by atoms with Gasteiger partial charge >= 0.3 is 0 Å². The van der Waals surface area contributed by atoms with Gasteiger partial charge in [-0.3, -0.25) is 0 Å². The lowest BCUT2D eigenvalue weighted by molar-refractivity contribution is 0.210. The van der Waals surface area contributed by atoms with Crippen molar-refractivity contribution in [3.05, 3.63) is 70.5 Å². The molecule has 2 aromatic carbocycles. The molecule has 0 aliphatic rings. The highest BCUT2D eigenvalue weighted by Gasteiger charge is 2.18. The summed E-state index contributed by atoms with van der Waals surface area (Å²) in [4.78, 5) is 0. The average Bonchev–Trinajstić information content (AvgIpc) is 3.11. The normalized spacial score (nSPS) is 12.1. The maximum atomic E-state index is 6.08. The van der Waals surface area contributed by atoms with Gasteiger partial charge in [0.25, 0.3) is 0 Å². The smallest absolute Gasteiger partial charge is 0.191 e. The molecule has 0 aliphatic heterocycles. The number of aryl methyl sites for hydroxylation is 1. The summed E-state index contributed by atoms with van der Waals surface area (Å²) < 4.78 is 8.20. The van der Waals surface area contributed by atoms with Crippen LogP contribution in [0.4, 0.5) is 0 Å². The van der Waals surface area contributed by atoms with Gasteiger partial charge in [0, 0.05) is 17.3 Å². The second kappa shape index (κ2) is 9.29. The van der Waals surface area contributed by atoms with Crippen LogP contribution in [0.3, 0.4) is 0 Å². The Labute approximate surface area is 169 Å². The van der Waals surface area contributed by atoms with E-state index in [1.165, 1.54) is 11.1 Å². The van der Waals surface area contributed by atoms with Crippen molar-refractivity contribution < 1.29 is 4.74 Å². The molecule has 0 fully saturated rings. The lowest BCUT2D eigenvalue weighted by Gasteiger charge is -2.16. The third-order valence-electron chi connectivity index (χ3n) is 4.35. The van der Waals surface area contributed by atoms with E-state index in [1.54, 1.807) is 11.8 Å². The van der Waals surface area contributed by atoms with E-state index >= 15 is 0 Å². The molecule has 3 rings (SSSR count). The number of halogens is 1. The molecule has 4 nitrogen and oxygen atoms in total. The number of benzene rings is 2. The van der Waals surface area contributed by atoms with Crippen LogP contribution < -0.4 is 4.74 Å². The summed E-state index contributed by atoms with van der Waals surface area (Å²) in [6, 6.07) is 16.1. The molecule has 0 N–H and O–H groups in total. The van der Waals surface area contributed by atoms with Gasteiger partial charge in [0.1, 0.15) is 5.75 Å². The van der Waals surface area contributed by atoms with Crippen molar-refractivity contribution >= 4 is 23.4 Å². The molecule has 1 aromatic heterocycles. The molecule has 0 amide bonds. The lowest BCUT2D eigenvalue weighted by Crippen LogP contribution is -2.12. The zero-order chi connectivity index (χ0) is 19.2. The summed E-state index contributed by atoms with van der Waals surface area (Å²) in [6.07, 6.45) is 0.851. The number of aromatic nitrogens is 3. The predicted molar refractivity (Wildman–Crippen MR) is 112 cm³/mol. The van der Waals surface area contributed by atoms with Gasteiger partial charge in [0.15, 0.2) is 17.1 Å². The summed E-state index contributed by atoms with van der Waals surface area (Å²) in [5, 5.41) is 10.4. The topological polar surface area (TPSA) is 39.9 Å². The first-order valence-electron chi connectivity index (χ1n) is 9.16. The van der Waals surface area contributed by atoms with E-state index in [0.717, 1.165) is 40.5 Å². The molecule has 0 radical (unpaired) electrons. The minimum absolute atomic E-state index is 0.171. The first kappa shape index (κ1) is 19.8. The van der Waals surface area contributed by atoms with Crippen molar-refractivity contribution in [1.82, 2.24) is 14.8 Å². The molecule has 0 bridgehead atoms. The van der Waals surface area contributed by atoms with Gasteiger partial charge in [0.05, 0.1) is 0 Å². The van der Waals surface area contributed by atoms with Gasteiger partial charge in [-0.05, 0) is 55.7 Å². The van der Waals surface area contributed by atoms with E-state index < -0.39 is 0 Å². The summed E-state index contributed by atoms with van der Waals surface area (Å²) in [5.74, 6) is 2.51. The molecule has 0 saturated carbocycles. The van der Waals surface area contributed by atoms with E-state index in [0.29, 0.717) is 0 Å². The first-order valence-corrected chi connectivity index (χ1v) is 10.5. The van der Waals surface area contributed by atoms with Crippen LogP contribution in [0.25, 0.3) is 0 Å². The van der Waals surface area contributed by atoms with Gasteiger partial charge in [-0.25, -0.2) is 0 Å². The fraction of sp³-hybridized carbons (Fsp3) is 0.333. The highest BCUT2D eigenvalue weighted by atomic mass is 35.5. The van der Waals surface area contributed by atoms with Crippen LogP contribution in [0.5, 0.6) is 5.75 Å². The van der Waals surface area contributed by atoms with Crippen molar-refractivity contribution in [1.29, 1.82) is 0 Å². The van der Waals surface area contributed by atoms with Crippen LogP contribution in [-0.4, -0.2) is 14.8 Å². The van der Waals surface area contributed by atoms with Crippen molar-refractivity contribution in [3.63, 3.8) is 0 Å². The molecular weight excluding hydrogens is 378 g/mol. The zero-order valence-corrected chi connectivity index (χ0v) is 17.4. The Morgan fingerprint density at radius 2 is 1.67 bits per heavy atom. The van der Waals surface area contributed by atoms with E-state index in [-0.39, 0.29) is 6.10 Å². The van der Waals surface area contributed by atoms with E-state index in [9.17, 15) is 0 Å². The minimum Gasteiger partial charge on any atom is -0.483 e. The first-order chi connectivity index (χ1) is 13.1. The lowest BCUT2D eigenvalue weighted by atomic mass is 10.2.